The van der Waals surface area contributed by atoms with Crippen molar-refractivity contribution in [3.8, 4) is 0 Å². The number of ether oxygens (including phenoxy) is 1. The number of piperazine rings is 1. The van der Waals surface area contributed by atoms with E-state index in [0.29, 0.717) is 6.04 Å². The van der Waals surface area contributed by atoms with Crippen LogP contribution in [0.15, 0.2) is 60.7 Å². The van der Waals surface area contributed by atoms with Gasteiger partial charge in [-0.3, -0.25) is 4.90 Å². The lowest BCUT2D eigenvalue weighted by molar-refractivity contribution is -0.132. The molecule has 4 heteroatoms. The first-order valence-electron chi connectivity index (χ1n) is 9.29. The maximum atomic E-state index is 12.3. The maximum absolute atomic E-state index is 12.3. The summed E-state index contributed by atoms with van der Waals surface area (Å²) in [6, 6.07) is 22.2. The fraction of sp³-hybridized carbons (Fsp3) is 0.409. The third-order valence-corrected chi connectivity index (χ3v) is 5.24. The van der Waals surface area contributed by atoms with Gasteiger partial charge >= 0.3 is 6.09 Å². The normalized spacial score (nSPS) is 22.4. The summed E-state index contributed by atoms with van der Waals surface area (Å²) in [6.45, 7) is 7.37. The van der Waals surface area contributed by atoms with Crippen molar-refractivity contribution in [3.05, 3.63) is 71.8 Å². The molecule has 0 radical (unpaired) electrons. The molecule has 2 fully saturated rings. The number of hydrogen-bond donors (Lipinski definition) is 0. The highest BCUT2D eigenvalue weighted by Crippen LogP contribution is 2.42. The van der Waals surface area contributed by atoms with E-state index in [1.807, 2.05) is 25.7 Å². The summed E-state index contributed by atoms with van der Waals surface area (Å²) in [5.74, 6) is 0. The van der Waals surface area contributed by atoms with Crippen LogP contribution in [0.25, 0.3) is 0 Å². The van der Waals surface area contributed by atoms with Gasteiger partial charge in [0.1, 0.15) is 5.60 Å². The second kappa shape index (κ2) is 6.44. The number of amides is 1. The molecule has 2 aliphatic heterocycles. The Hall–Kier alpha value is -2.33. The molecule has 0 aromatic heterocycles. The Morgan fingerprint density at radius 2 is 1.46 bits per heavy atom. The molecule has 0 aliphatic carbocycles. The molecule has 0 N–H and O–H groups in total. The number of carbonyl (C=O) groups is 1. The van der Waals surface area contributed by atoms with Crippen molar-refractivity contribution in [1.29, 1.82) is 0 Å². The highest BCUT2D eigenvalue weighted by atomic mass is 16.6. The number of benzene rings is 2. The van der Waals surface area contributed by atoms with Crippen molar-refractivity contribution in [2.75, 3.05) is 13.1 Å². The number of likely N-dealkylation sites (tertiary alicyclic amines) is 2. The largest absolute Gasteiger partial charge is 0.444 e. The summed E-state index contributed by atoms with van der Waals surface area (Å²) in [4.78, 5) is 16.7. The molecule has 0 bridgehead atoms. The number of fused-ring (bicyclic) bond motifs is 1. The first-order chi connectivity index (χ1) is 12.4. The fourth-order valence-electron chi connectivity index (χ4n) is 3.96. The van der Waals surface area contributed by atoms with Gasteiger partial charge in [-0.25, -0.2) is 4.79 Å². The minimum Gasteiger partial charge on any atom is -0.444 e. The predicted molar refractivity (Wildman–Crippen MR) is 102 cm³/mol. The molecule has 26 heavy (non-hydrogen) atoms. The molecule has 4 rings (SSSR count). The van der Waals surface area contributed by atoms with Crippen LogP contribution in [0.2, 0.25) is 0 Å². The minimum atomic E-state index is -0.442. The Morgan fingerprint density at radius 3 is 1.88 bits per heavy atom. The van der Waals surface area contributed by atoms with Gasteiger partial charge in [-0.1, -0.05) is 60.7 Å². The van der Waals surface area contributed by atoms with Crippen molar-refractivity contribution < 1.29 is 9.53 Å². The van der Waals surface area contributed by atoms with E-state index in [1.165, 1.54) is 11.1 Å². The van der Waals surface area contributed by atoms with E-state index >= 15 is 0 Å². The Balaban J connectivity index is 1.50. The summed E-state index contributed by atoms with van der Waals surface area (Å²) in [7, 11) is 0. The highest BCUT2D eigenvalue weighted by Gasteiger charge is 2.56. The standard InChI is InChI=1S/C22H26N2O2/c1-22(2,3)26-21(25)24-15-18-19(24)14-23(18)20(16-10-6-4-7-11-16)17-12-8-5-9-13-17/h4-13,18-20H,14-15H2,1-3H3/t18?,19-/m1/s1. The van der Waals surface area contributed by atoms with Crippen molar-refractivity contribution in [2.24, 2.45) is 0 Å². The maximum Gasteiger partial charge on any atom is 0.410 e. The lowest BCUT2D eigenvalue weighted by Gasteiger charge is -2.63. The lowest BCUT2D eigenvalue weighted by Crippen LogP contribution is -2.80. The zero-order chi connectivity index (χ0) is 18.3. The van der Waals surface area contributed by atoms with Crippen LogP contribution < -0.4 is 0 Å². The van der Waals surface area contributed by atoms with Gasteiger partial charge in [0, 0.05) is 13.1 Å². The molecule has 2 atom stereocenters. The Kier molecular flexibility index (Phi) is 4.23. The van der Waals surface area contributed by atoms with Gasteiger partial charge in [0.25, 0.3) is 0 Å². The third kappa shape index (κ3) is 3.10. The van der Waals surface area contributed by atoms with Crippen LogP contribution in [0, 0.1) is 0 Å². The second-order valence-electron chi connectivity index (χ2n) is 8.19. The quantitative estimate of drug-likeness (QED) is 0.836. The number of hydrogen-bond acceptors (Lipinski definition) is 3. The van der Waals surface area contributed by atoms with Crippen molar-refractivity contribution in [1.82, 2.24) is 9.80 Å². The van der Waals surface area contributed by atoms with Crippen molar-refractivity contribution in [2.45, 2.75) is 44.5 Å². The van der Waals surface area contributed by atoms with Crippen LogP contribution in [0.4, 0.5) is 4.79 Å². The van der Waals surface area contributed by atoms with E-state index in [2.05, 4.69) is 65.6 Å². The topological polar surface area (TPSA) is 32.8 Å². The van der Waals surface area contributed by atoms with Gasteiger partial charge in [0.2, 0.25) is 0 Å². The SMILES string of the molecule is CC(C)(C)OC(=O)N1CC2[C@H]1CN2C(c1ccccc1)c1ccccc1. The summed E-state index contributed by atoms with van der Waals surface area (Å²) in [6.07, 6.45) is -0.186. The predicted octanol–water partition coefficient (Wildman–Crippen LogP) is 4.08. The first kappa shape index (κ1) is 17.1. The summed E-state index contributed by atoms with van der Waals surface area (Å²) in [5, 5.41) is 0. The summed E-state index contributed by atoms with van der Waals surface area (Å²) >= 11 is 0. The summed E-state index contributed by atoms with van der Waals surface area (Å²) in [5.41, 5.74) is 2.16. The van der Waals surface area contributed by atoms with Crippen LogP contribution in [0.5, 0.6) is 0 Å². The van der Waals surface area contributed by atoms with Crippen LogP contribution in [0.3, 0.4) is 0 Å². The molecule has 136 valence electrons. The van der Waals surface area contributed by atoms with Crippen molar-refractivity contribution >= 4 is 6.09 Å². The zero-order valence-corrected chi connectivity index (χ0v) is 15.6. The smallest absolute Gasteiger partial charge is 0.410 e. The molecule has 2 aromatic carbocycles. The molecule has 0 spiro atoms. The van der Waals surface area contributed by atoms with E-state index in [9.17, 15) is 4.79 Å². The minimum absolute atomic E-state index is 0.186. The van der Waals surface area contributed by atoms with Crippen LogP contribution >= 0.6 is 0 Å². The van der Waals surface area contributed by atoms with Gasteiger partial charge in [-0.2, -0.15) is 0 Å². The second-order valence-corrected chi connectivity index (χ2v) is 8.19. The third-order valence-electron chi connectivity index (χ3n) is 5.24. The Morgan fingerprint density at radius 1 is 0.923 bits per heavy atom. The Bertz CT molecular complexity index is 730. The van der Waals surface area contributed by atoms with Gasteiger partial charge in [0.05, 0.1) is 18.1 Å². The molecule has 2 heterocycles. The fourth-order valence-corrected chi connectivity index (χ4v) is 3.96. The van der Waals surface area contributed by atoms with E-state index in [4.69, 9.17) is 4.74 Å². The van der Waals surface area contributed by atoms with Crippen LogP contribution in [0.1, 0.15) is 37.9 Å². The molecule has 1 amide bonds. The molecule has 2 aromatic rings. The molecular weight excluding hydrogens is 324 g/mol. The van der Waals surface area contributed by atoms with E-state index in [1.54, 1.807) is 0 Å². The van der Waals surface area contributed by atoms with Crippen LogP contribution in [-0.4, -0.2) is 46.7 Å². The van der Waals surface area contributed by atoms with Crippen molar-refractivity contribution in [3.63, 3.8) is 0 Å². The van der Waals surface area contributed by atoms with Gasteiger partial charge in [-0.15, -0.1) is 0 Å². The molecule has 4 nitrogen and oxygen atoms in total. The molecule has 1 unspecified atom stereocenters. The first-order valence-corrected chi connectivity index (χ1v) is 9.29. The number of rotatable bonds is 3. The summed E-state index contributed by atoms with van der Waals surface area (Å²) < 4.78 is 5.53. The molecule has 2 saturated heterocycles. The van der Waals surface area contributed by atoms with Crippen LogP contribution in [-0.2, 0) is 4.74 Å². The zero-order valence-electron chi connectivity index (χ0n) is 15.6. The monoisotopic (exact) mass is 350 g/mol. The molecular formula is C22H26N2O2. The van der Waals surface area contributed by atoms with Gasteiger partial charge in [-0.05, 0) is 31.9 Å². The number of carbonyl (C=O) groups excluding carboxylic acids is 1. The highest BCUT2D eigenvalue weighted by molar-refractivity contribution is 5.70. The molecule has 2 aliphatic rings. The van der Waals surface area contributed by atoms with E-state index < -0.39 is 5.60 Å². The van der Waals surface area contributed by atoms with E-state index in [0.717, 1.165) is 13.1 Å². The van der Waals surface area contributed by atoms with Gasteiger partial charge < -0.3 is 9.64 Å². The lowest BCUT2D eigenvalue weighted by atomic mass is 9.81. The average Bonchev–Trinajstić information content (AvgIpc) is 2.59. The average molecular weight is 350 g/mol. The van der Waals surface area contributed by atoms with Gasteiger partial charge in [0.15, 0.2) is 0 Å². The Labute approximate surface area is 155 Å². The van der Waals surface area contributed by atoms with E-state index in [-0.39, 0.29) is 18.2 Å². The number of nitrogens with zero attached hydrogens (tertiary/aromatic N) is 2. The molecule has 0 saturated carbocycles.